The molecule has 1 rings (SSSR count). The summed E-state index contributed by atoms with van der Waals surface area (Å²) >= 11 is 0. The van der Waals surface area contributed by atoms with Crippen LogP contribution in [0, 0.1) is 5.82 Å². The lowest BCUT2D eigenvalue weighted by molar-refractivity contribution is -0.175. The van der Waals surface area contributed by atoms with Crippen LogP contribution in [0.5, 0.6) is 5.75 Å². The second-order valence-corrected chi connectivity index (χ2v) is 4.46. The Morgan fingerprint density at radius 1 is 1.25 bits per heavy atom. The summed E-state index contributed by atoms with van der Waals surface area (Å²) < 4.78 is 58.3. The lowest BCUT2D eigenvalue weighted by Gasteiger charge is -2.11. The van der Waals surface area contributed by atoms with E-state index in [1.807, 2.05) is 0 Å². The predicted molar refractivity (Wildman–Crippen MR) is 66.1 cm³/mol. The van der Waals surface area contributed by atoms with Crippen molar-refractivity contribution in [1.29, 1.82) is 0 Å². The molecule has 0 spiro atoms. The minimum absolute atomic E-state index is 0.0194. The predicted octanol–water partition coefficient (Wildman–Crippen LogP) is 2.67. The topological polar surface area (TPSA) is 44.5 Å². The summed E-state index contributed by atoms with van der Waals surface area (Å²) in [6, 6.07) is 4.31. The second kappa shape index (κ2) is 7.44. The zero-order valence-electron chi connectivity index (χ0n) is 11.0. The lowest BCUT2D eigenvalue weighted by atomic mass is 10.1. The lowest BCUT2D eigenvalue weighted by Crippen LogP contribution is -2.19. The first-order valence-electron chi connectivity index (χ1n) is 6.09. The van der Waals surface area contributed by atoms with Crippen molar-refractivity contribution in [2.45, 2.75) is 25.6 Å². The first kappa shape index (κ1) is 16.7. The van der Waals surface area contributed by atoms with Crippen LogP contribution >= 0.6 is 0 Å². The minimum atomic E-state index is -4.37. The highest BCUT2D eigenvalue weighted by Gasteiger charge is 2.27. The maximum atomic E-state index is 13.6. The van der Waals surface area contributed by atoms with Gasteiger partial charge < -0.3 is 15.2 Å². The second-order valence-electron chi connectivity index (χ2n) is 4.46. The van der Waals surface area contributed by atoms with E-state index in [1.165, 1.54) is 12.1 Å². The zero-order chi connectivity index (χ0) is 15.2. The standard InChI is InChI=1S/C13H17F4NO2/c1-9(18)6-10-2-3-12(11(14)7-10)20-5-4-19-8-13(15,16)17/h2-3,7,9H,4-6,8,18H2,1H3. The van der Waals surface area contributed by atoms with Gasteiger partial charge in [-0.25, -0.2) is 4.39 Å². The molecule has 1 aromatic rings. The van der Waals surface area contributed by atoms with Crippen molar-refractivity contribution in [3.05, 3.63) is 29.6 Å². The van der Waals surface area contributed by atoms with Crippen molar-refractivity contribution in [1.82, 2.24) is 0 Å². The van der Waals surface area contributed by atoms with Gasteiger partial charge in [-0.15, -0.1) is 0 Å². The van der Waals surface area contributed by atoms with Crippen LogP contribution in [0.25, 0.3) is 0 Å². The van der Waals surface area contributed by atoms with Crippen molar-refractivity contribution in [3.63, 3.8) is 0 Å². The van der Waals surface area contributed by atoms with Gasteiger partial charge in [0.25, 0.3) is 0 Å². The van der Waals surface area contributed by atoms with Gasteiger partial charge in [0.1, 0.15) is 13.2 Å². The van der Waals surface area contributed by atoms with E-state index in [4.69, 9.17) is 10.5 Å². The summed E-state index contributed by atoms with van der Waals surface area (Å²) in [6.07, 6.45) is -3.84. The molecule has 0 fully saturated rings. The molecule has 1 aromatic carbocycles. The fourth-order valence-electron chi connectivity index (χ4n) is 1.56. The number of ether oxygens (including phenoxy) is 2. The van der Waals surface area contributed by atoms with Gasteiger partial charge in [-0.3, -0.25) is 0 Å². The SMILES string of the molecule is CC(N)Cc1ccc(OCCOCC(F)(F)F)c(F)c1. The third-order valence-corrected chi connectivity index (χ3v) is 2.30. The molecule has 0 aliphatic heterocycles. The number of halogens is 4. The molecule has 7 heteroatoms. The van der Waals surface area contributed by atoms with Crippen molar-refractivity contribution in [2.24, 2.45) is 5.73 Å². The number of rotatable bonds is 7. The van der Waals surface area contributed by atoms with E-state index in [0.29, 0.717) is 6.42 Å². The summed E-state index contributed by atoms with van der Waals surface area (Å²) in [5.41, 5.74) is 6.33. The number of benzene rings is 1. The van der Waals surface area contributed by atoms with Gasteiger partial charge in [0.2, 0.25) is 0 Å². The molecule has 0 saturated carbocycles. The Labute approximate surface area is 114 Å². The van der Waals surface area contributed by atoms with Crippen molar-refractivity contribution in [2.75, 3.05) is 19.8 Å². The van der Waals surface area contributed by atoms with Gasteiger partial charge in [-0.05, 0) is 31.0 Å². The fraction of sp³-hybridized carbons (Fsp3) is 0.538. The van der Waals surface area contributed by atoms with Gasteiger partial charge in [-0.1, -0.05) is 6.07 Å². The number of nitrogens with two attached hydrogens (primary N) is 1. The van der Waals surface area contributed by atoms with E-state index in [0.717, 1.165) is 5.56 Å². The molecule has 0 aliphatic rings. The van der Waals surface area contributed by atoms with E-state index in [-0.39, 0.29) is 25.0 Å². The first-order valence-corrected chi connectivity index (χ1v) is 6.09. The van der Waals surface area contributed by atoms with E-state index >= 15 is 0 Å². The highest BCUT2D eigenvalue weighted by atomic mass is 19.4. The van der Waals surface area contributed by atoms with Gasteiger partial charge in [0.15, 0.2) is 11.6 Å². The molecule has 0 radical (unpaired) electrons. The van der Waals surface area contributed by atoms with Gasteiger partial charge >= 0.3 is 6.18 Å². The Morgan fingerprint density at radius 2 is 1.95 bits per heavy atom. The summed E-state index contributed by atoms with van der Waals surface area (Å²) in [5.74, 6) is -0.590. The van der Waals surface area contributed by atoms with Crippen LogP contribution in [0.2, 0.25) is 0 Å². The van der Waals surface area contributed by atoms with Crippen LogP contribution in [-0.4, -0.2) is 32.0 Å². The zero-order valence-corrected chi connectivity index (χ0v) is 11.0. The first-order chi connectivity index (χ1) is 9.28. The average Bonchev–Trinajstić information content (AvgIpc) is 2.29. The van der Waals surface area contributed by atoms with Crippen molar-refractivity contribution < 1.29 is 27.0 Å². The quantitative estimate of drug-likeness (QED) is 0.621. The summed E-state index contributed by atoms with van der Waals surface area (Å²) in [7, 11) is 0. The normalized spacial score (nSPS) is 13.3. The van der Waals surface area contributed by atoms with Crippen LogP contribution in [-0.2, 0) is 11.2 Å². The van der Waals surface area contributed by atoms with E-state index < -0.39 is 18.6 Å². The van der Waals surface area contributed by atoms with Crippen LogP contribution in [0.4, 0.5) is 17.6 Å². The molecular weight excluding hydrogens is 278 g/mol. The van der Waals surface area contributed by atoms with E-state index in [2.05, 4.69) is 4.74 Å². The minimum Gasteiger partial charge on any atom is -0.488 e. The summed E-state index contributed by atoms with van der Waals surface area (Å²) in [5, 5.41) is 0. The molecule has 114 valence electrons. The van der Waals surface area contributed by atoms with Gasteiger partial charge in [0, 0.05) is 6.04 Å². The van der Waals surface area contributed by atoms with Crippen LogP contribution in [0.3, 0.4) is 0 Å². The van der Waals surface area contributed by atoms with Gasteiger partial charge in [-0.2, -0.15) is 13.2 Å². The van der Waals surface area contributed by atoms with Crippen LogP contribution in [0.1, 0.15) is 12.5 Å². The van der Waals surface area contributed by atoms with E-state index in [1.54, 1.807) is 13.0 Å². The highest BCUT2D eigenvalue weighted by molar-refractivity contribution is 5.29. The Bertz CT molecular complexity index is 421. The molecule has 0 aliphatic carbocycles. The largest absolute Gasteiger partial charge is 0.488 e. The maximum Gasteiger partial charge on any atom is 0.411 e. The van der Waals surface area contributed by atoms with Crippen molar-refractivity contribution in [3.8, 4) is 5.75 Å². The van der Waals surface area contributed by atoms with E-state index in [9.17, 15) is 17.6 Å². The van der Waals surface area contributed by atoms with Gasteiger partial charge in [0.05, 0.1) is 6.61 Å². The monoisotopic (exact) mass is 295 g/mol. The molecule has 2 N–H and O–H groups in total. The Hall–Kier alpha value is -1.34. The highest BCUT2D eigenvalue weighted by Crippen LogP contribution is 2.19. The van der Waals surface area contributed by atoms with Crippen molar-refractivity contribution >= 4 is 0 Å². The molecule has 1 unspecified atom stereocenters. The molecule has 0 heterocycles. The summed E-state index contributed by atoms with van der Waals surface area (Å²) in [6.45, 7) is 0.0483. The molecule has 3 nitrogen and oxygen atoms in total. The Kier molecular flexibility index (Phi) is 6.22. The third-order valence-electron chi connectivity index (χ3n) is 2.30. The maximum absolute atomic E-state index is 13.6. The smallest absolute Gasteiger partial charge is 0.411 e. The number of hydrogen-bond donors (Lipinski definition) is 1. The van der Waals surface area contributed by atoms with Crippen LogP contribution < -0.4 is 10.5 Å². The number of alkyl halides is 3. The molecule has 0 amide bonds. The molecule has 0 saturated heterocycles. The molecule has 0 bridgehead atoms. The number of hydrogen-bond acceptors (Lipinski definition) is 3. The Balaban J connectivity index is 2.37. The van der Waals surface area contributed by atoms with Crippen LogP contribution in [0.15, 0.2) is 18.2 Å². The fourth-order valence-corrected chi connectivity index (χ4v) is 1.56. The molecule has 0 aromatic heterocycles. The molecule has 1 atom stereocenters. The summed E-state index contributed by atoms with van der Waals surface area (Å²) in [4.78, 5) is 0. The average molecular weight is 295 g/mol. The Morgan fingerprint density at radius 3 is 2.50 bits per heavy atom. The molecular formula is C13H17F4NO2. The third kappa shape index (κ3) is 6.72. The molecule has 20 heavy (non-hydrogen) atoms.